The zero-order valence-electron chi connectivity index (χ0n) is 11.4. The first-order chi connectivity index (χ1) is 8.50. The van der Waals surface area contributed by atoms with Gasteiger partial charge in [0.25, 0.3) is 5.91 Å². The molecule has 0 aromatic heterocycles. The zero-order chi connectivity index (χ0) is 13.6. The molecule has 0 spiro atoms. The monoisotopic (exact) mass is 251 g/mol. The van der Waals surface area contributed by atoms with Gasteiger partial charge in [-0.25, -0.2) is 0 Å². The highest BCUT2D eigenvalue weighted by Crippen LogP contribution is 2.17. The van der Waals surface area contributed by atoms with Crippen LogP contribution in [0, 0.1) is 0 Å². The number of hydrogen-bond donors (Lipinski definition) is 1. The Balaban J connectivity index is 2.75. The fraction of sp³-hybridized carbons (Fsp3) is 0.500. The molecule has 0 unspecified atom stereocenters. The van der Waals surface area contributed by atoms with E-state index in [0.717, 1.165) is 5.56 Å². The van der Waals surface area contributed by atoms with E-state index in [1.165, 1.54) is 7.11 Å². The van der Waals surface area contributed by atoms with E-state index in [0.29, 0.717) is 6.61 Å². The summed E-state index contributed by atoms with van der Waals surface area (Å²) in [6, 6.07) is 9.42. The molecule has 1 N–H and O–H groups in total. The summed E-state index contributed by atoms with van der Waals surface area (Å²) in [7, 11) is 3.14. The second-order valence-electron chi connectivity index (χ2n) is 4.83. The van der Waals surface area contributed by atoms with Crippen LogP contribution in [0.15, 0.2) is 30.3 Å². The summed E-state index contributed by atoms with van der Waals surface area (Å²) in [5.41, 5.74) is 0.419. The lowest BCUT2D eigenvalue weighted by atomic mass is 10.0. The van der Waals surface area contributed by atoms with Crippen molar-refractivity contribution in [3.8, 4) is 0 Å². The number of rotatable bonds is 6. The second-order valence-corrected chi connectivity index (χ2v) is 4.83. The zero-order valence-corrected chi connectivity index (χ0v) is 11.4. The van der Waals surface area contributed by atoms with Gasteiger partial charge in [0.05, 0.1) is 12.1 Å². The van der Waals surface area contributed by atoms with Crippen molar-refractivity contribution in [3.05, 3.63) is 35.9 Å². The van der Waals surface area contributed by atoms with Gasteiger partial charge < -0.3 is 14.8 Å². The molecule has 100 valence electrons. The number of benzene rings is 1. The first-order valence-corrected chi connectivity index (χ1v) is 5.89. The molecular weight excluding hydrogens is 230 g/mol. The van der Waals surface area contributed by atoms with Crippen molar-refractivity contribution < 1.29 is 14.3 Å². The lowest BCUT2D eigenvalue weighted by molar-refractivity contribution is -0.133. The minimum atomic E-state index is -0.595. The molecule has 18 heavy (non-hydrogen) atoms. The van der Waals surface area contributed by atoms with Crippen LogP contribution >= 0.6 is 0 Å². The first-order valence-electron chi connectivity index (χ1n) is 5.89. The van der Waals surface area contributed by atoms with Crippen LogP contribution in [0.1, 0.15) is 25.5 Å². The van der Waals surface area contributed by atoms with E-state index in [1.54, 1.807) is 7.11 Å². The van der Waals surface area contributed by atoms with Crippen molar-refractivity contribution in [3.63, 3.8) is 0 Å². The Morgan fingerprint density at radius 3 is 2.39 bits per heavy atom. The highest BCUT2D eigenvalue weighted by molar-refractivity contribution is 5.82. The molecule has 4 heteroatoms. The lowest BCUT2D eigenvalue weighted by Crippen LogP contribution is -2.48. The van der Waals surface area contributed by atoms with Crippen molar-refractivity contribution in [1.29, 1.82) is 0 Å². The molecule has 0 saturated carbocycles. The number of hydrogen-bond acceptors (Lipinski definition) is 3. The Morgan fingerprint density at radius 2 is 1.89 bits per heavy atom. The number of nitrogens with one attached hydrogen (secondary N) is 1. The quantitative estimate of drug-likeness (QED) is 0.840. The Kier molecular flexibility index (Phi) is 5.31. The molecule has 0 bridgehead atoms. The van der Waals surface area contributed by atoms with E-state index in [4.69, 9.17) is 9.47 Å². The predicted octanol–water partition coefficient (Wildman–Crippen LogP) is 1.92. The van der Waals surface area contributed by atoms with E-state index >= 15 is 0 Å². The molecule has 0 aliphatic heterocycles. The van der Waals surface area contributed by atoms with Crippen LogP contribution in [-0.4, -0.2) is 32.3 Å². The molecule has 1 rings (SSSR count). The van der Waals surface area contributed by atoms with Gasteiger partial charge in [0.2, 0.25) is 0 Å². The maximum atomic E-state index is 12.2. The largest absolute Gasteiger partial charge is 0.382 e. The Morgan fingerprint density at radius 1 is 1.28 bits per heavy atom. The second kappa shape index (κ2) is 6.52. The van der Waals surface area contributed by atoms with Crippen molar-refractivity contribution in [2.75, 3.05) is 20.8 Å². The number of ether oxygens (including phenoxy) is 2. The van der Waals surface area contributed by atoms with Gasteiger partial charge in [-0.3, -0.25) is 4.79 Å². The maximum Gasteiger partial charge on any atom is 0.254 e. The summed E-state index contributed by atoms with van der Waals surface area (Å²) in [6.45, 7) is 4.27. The Bertz CT molecular complexity index is 376. The van der Waals surface area contributed by atoms with Gasteiger partial charge in [-0.05, 0) is 19.4 Å². The van der Waals surface area contributed by atoms with Gasteiger partial charge in [0, 0.05) is 14.2 Å². The van der Waals surface area contributed by atoms with Crippen LogP contribution < -0.4 is 5.32 Å². The lowest BCUT2D eigenvalue weighted by Gasteiger charge is -2.27. The van der Waals surface area contributed by atoms with Gasteiger partial charge >= 0.3 is 0 Å². The molecular formula is C14H21NO3. The van der Waals surface area contributed by atoms with Crippen LogP contribution in [0.4, 0.5) is 0 Å². The summed E-state index contributed by atoms with van der Waals surface area (Å²) in [5, 5.41) is 2.92. The summed E-state index contributed by atoms with van der Waals surface area (Å²) in [5.74, 6) is -0.161. The molecule has 0 saturated heterocycles. The molecule has 0 radical (unpaired) electrons. The summed E-state index contributed by atoms with van der Waals surface area (Å²) in [6.07, 6.45) is -0.595. The maximum absolute atomic E-state index is 12.2. The van der Waals surface area contributed by atoms with Crippen molar-refractivity contribution in [1.82, 2.24) is 5.32 Å². The third-order valence-electron chi connectivity index (χ3n) is 2.54. The number of methoxy groups -OCH3 is 2. The summed E-state index contributed by atoms with van der Waals surface area (Å²) >= 11 is 0. The Labute approximate surface area is 108 Å². The highest BCUT2D eigenvalue weighted by Gasteiger charge is 2.26. The summed E-state index contributed by atoms with van der Waals surface area (Å²) in [4.78, 5) is 12.2. The third-order valence-corrected chi connectivity index (χ3v) is 2.54. The highest BCUT2D eigenvalue weighted by atomic mass is 16.5. The van der Waals surface area contributed by atoms with E-state index < -0.39 is 11.6 Å². The predicted molar refractivity (Wildman–Crippen MR) is 70.3 cm³/mol. The molecule has 1 aromatic carbocycles. The molecule has 0 heterocycles. The van der Waals surface area contributed by atoms with Crippen molar-refractivity contribution in [2.24, 2.45) is 0 Å². The van der Waals surface area contributed by atoms with Gasteiger partial charge in [-0.2, -0.15) is 0 Å². The third kappa shape index (κ3) is 4.13. The molecule has 4 nitrogen and oxygen atoms in total. The van der Waals surface area contributed by atoms with Crippen LogP contribution in [-0.2, 0) is 14.3 Å². The van der Waals surface area contributed by atoms with Crippen LogP contribution in [0.3, 0.4) is 0 Å². The fourth-order valence-corrected chi connectivity index (χ4v) is 1.82. The van der Waals surface area contributed by atoms with E-state index in [2.05, 4.69) is 5.32 Å². The molecule has 0 fully saturated rings. The van der Waals surface area contributed by atoms with E-state index in [9.17, 15) is 4.79 Å². The normalized spacial score (nSPS) is 13.1. The van der Waals surface area contributed by atoms with Crippen molar-refractivity contribution in [2.45, 2.75) is 25.5 Å². The van der Waals surface area contributed by atoms with Gasteiger partial charge in [-0.15, -0.1) is 0 Å². The van der Waals surface area contributed by atoms with Crippen LogP contribution in [0.25, 0.3) is 0 Å². The first kappa shape index (κ1) is 14.7. The average Bonchev–Trinajstić information content (AvgIpc) is 2.30. The van der Waals surface area contributed by atoms with Crippen LogP contribution in [0.5, 0.6) is 0 Å². The van der Waals surface area contributed by atoms with Gasteiger partial charge in [0.15, 0.2) is 6.10 Å². The minimum absolute atomic E-state index is 0.161. The van der Waals surface area contributed by atoms with Gasteiger partial charge in [-0.1, -0.05) is 30.3 Å². The molecule has 1 aromatic rings. The Hall–Kier alpha value is -1.39. The number of carbonyl (C=O) groups excluding carboxylic acids is 1. The summed E-state index contributed by atoms with van der Waals surface area (Å²) < 4.78 is 10.3. The topological polar surface area (TPSA) is 47.6 Å². The molecule has 0 aliphatic rings. The standard InChI is InChI=1S/C14H21NO3/c1-14(2,10-17-3)15-13(16)12(18-4)11-8-6-5-7-9-11/h5-9,12H,10H2,1-4H3,(H,15,16)/t12-/m0/s1. The molecule has 1 amide bonds. The average molecular weight is 251 g/mol. The van der Waals surface area contributed by atoms with Crippen LogP contribution in [0.2, 0.25) is 0 Å². The van der Waals surface area contributed by atoms with Crippen molar-refractivity contribution >= 4 is 5.91 Å². The number of carbonyl (C=O) groups is 1. The van der Waals surface area contributed by atoms with Gasteiger partial charge in [0.1, 0.15) is 0 Å². The molecule has 1 atom stereocenters. The SMILES string of the molecule is COCC(C)(C)NC(=O)[C@@H](OC)c1ccccc1. The van der Waals surface area contributed by atoms with E-state index in [-0.39, 0.29) is 5.91 Å². The minimum Gasteiger partial charge on any atom is -0.382 e. The fourth-order valence-electron chi connectivity index (χ4n) is 1.82. The molecule has 0 aliphatic carbocycles. The smallest absolute Gasteiger partial charge is 0.254 e. The number of amides is 1. The van der Waals surface area contributed by atoms with E-state index in [1.807, 2.05) is 44.2 Å².